The smallest absolute Gasteiger partial charge is 0.347 e. The summed E-state index contributed by atoms with van der Waals surface area (Å²) < 4.78 is 0. The van der Waals surface area contributed by atoms with Crippen LogP contribution in [0.15, 0.2) is 0 Å². The molecule has 0 aliphatic heterocycles. The Balaban J connectivity index is 3.02. The molecule has 1 heterocycles. The highest BCUT2D eigenvalue weighted by Gasteiger charge is 2.27. The van der Waals surface area contributed by atoms with Gasteiger partial charge >= 0.3 is 5.97 Å². The number of hydrogen-bond donors (Lipinski definition) is 1. The van der Waals surface area contributed by atoms with Gasteiger partial charge in [0.15, 0.2) is 5.13 Å². The van der Waals surface area contributed by atoms with Crippen molar-refractivity contribution >= 4 is 22.4 Å². The van der Waals surface area contributed by atoms with Crippen molar-refractivity contribution in [1.29, 1.82) is 0 Å². The second-order valence-corrected chi connectivity index (χ2v) is 6.35. The lowest BCUT2D eigenvalue weighted by molar-refractivity contribution is 0.0701. The van der Waals surface area contributed by atoms with E-state index in [0.29, 0.717) is 10.6 Å². The molecule has 17 heavy (non-hydrogen) atoms. The summed E-state index contributed by atoms with van der Waals surface area (Å²) in [5.74, 6) is -0.900. The molecule has 0 amide bonds. The predicted octanol–water partition coefficient (Wildman–Crippen LogP) is 3.02. The first kappa shape index (κ1) is 14.0. The SMILES string of the molecule is Cc1nc(N(C)C(C)C(C)(C)C)sc1C(=O)O. The summed E-state index contributed by atoms with van der Waals surface area (Å²) in [5, 5.41) is 9.78. The van der Waals surface area contributed by atoms with Crippen molar-refractivity contribution in [2.24, 2.45) is 5.41 Å². The average Bonchev–Trinajstić information content (AvgIpc) is 2.56. The van der Waals surface area contributed by atoms with Crippen LogP contribution in [0, 0.1) is 12.3 Å². The molecule has 96 valence electrons. The molecule has 0 aromatic carbocycles. The van der Waals surface area contributed by atoms with Crippen LogP contribution in [0.5, 0.6) is 0 Å². The highest BCUT2D eigenvalue weighted by Crippen LogP contribution is 2.31. The molecule has 0 bridgehead atoms. The lowest BCUT2D eigenvalue weighted by Gasteiger charge is -2.35. The number of hydrogen-bond acceptors (Lipinski definition) is 4. The van der Waals surface area contributed by atoms with Gasteiger partial charge < -0.3 is 10.0 Å². The van der Waals surface area contributed by atoms with Crippen molar-refractivity contribution in [3.8, 4) is 0 Å². The third-order valence-corrected chi connectivity index (χ3v) is 4.35. The topological polar surface area (TPSA) is 53.4 Å². The zero-order valence-electron chi connectivity index (χ0n) is 11.2. The summed E-state index contributed by atoms with van der Waals surface area (Å²) in [6.07, 6.45) is 0. The molecule has 0 aliphatic carbocycles. The number of thiazole rings is 1. The fourth-order valence-corrected chi connectivity index (χ4v) is 2.43. The van der Waals surface area contributed by atoms with Crippen LogP contribution in [0.25, 0.3) is 0 Å². The van der Waals surface area contributed by atoms with Gasteiger partial charge in [-0.25, -0.2) is 9.78 Å². The van der Waals surface area contributed by atoms with E-state index in [9.17, 15) is 4.79 Å². The zero-order valence-corrected chi connectivity index (χ0v) is 12.1. The maximum absolute atomic E-state index is 11.0. The quantitative estimate of drug-likeness (QED) is 0.903. The number of carboxylic acids is 1. The molecule has 1 N–H and O–H groups in total. The maximum Gasteiger partial charge on any atom is 0.347 e. The van der Waals surface area contributed by atoms with Crippen LogP contribution in [0.2, 0.25) is 0 Å². The van der Waals surface area contributed by atoms with Crippen molar-refractivity contribution in [2.45, 2.75) is 40.7 Å². The van der Waals surface area contributed by atoms with Gasteiger partial charge in [0, 0.05) is 13.1 Å². The van der Waals surface area contributed by atoms with E-state index < -0.39 is 5.97 Å². The first-order valence-corrected chi connectivity index (χ1v) is 6.39. The first-order chi connectivity index (χ1) is 7.64. The lowest BCUT2D eigenvalue weighted by atomic mass is 9.87. The van der Waals surface area contributed by atoms with E-state index in [1.165, 1.54) is 11.3 Å². The highest BCUT2D eigenvalue weighted by molar-refractivity contribution is 7.17. The number of rotatable bonds is 3. The Hall–Kier alpha value is -1.10. The normalized spacial score (nSPS) is 13.5. The van der Waals surface area contributed by atoms with Crippen LogP contribution < -0.4 is 4.90 Å². The number of aryl methyl sites for hydroxylation is 1. The maximum atomic E-state index is 11.0. The summed E-state index contributed by atoms with van der Waals surface area (Å²) >= 11 is 1.24. The zero-order chi connectivity index (χ0) is 13.4. The number of carbonyl (C=O) groups is 1. The first-order valence-electron chi connectivity index (χ1n) is 5.58. The molecule has 0 radical (unpaired) electrons. The third-order valence-electron chi connectivity index (χ3n) is 3.12. The Morgan fingerprint density at radius 1 is 1.47 bits per heavy atom. The van der Waals surface area contributed by atoms with Gasteiger partial charge in [-0.1, -0.05) is 32.1 Å². The number of nitrogens with zero attached hydrogens (tertiary/aromatic N) is 2. The van der Waals surface area contributed by atoms with Gasteiger partial charge in [0.25, 0.3) is 0 Å². The van der Waals surface area contributed by atoms with E-state index in [1.807, 2.05) is 11.9 Å². The molecule has 4 nitrogen and oxygen atoms in total. The van der Waals surface area contributed by atoms with Crippen molar-refractivity contribution in [3.63, 3.8) is 0 Å². The molecule has 0 spiro atoms. The minimum absolute atomic E-state index is 0.123. The largest absolute Gasteiger partial charge is 0.477 e. The summed E-state index contributed by atoms with van der Waals surface area (Å²) in [4.78, 5) is 17.7. The molecule has 1 aromatic rings. The van der Waals surface area contributed by atoms with Crippen LogP contribution in [-0.4, -0.2) is 29.1 Å². The number of aromatic carboxylic acids is 1. The Morgan fingerprint density at radius 2 is 2.00 bits per heavy atom. The second-order valence-electron chi connectivity index (χ2n) is 5.37. The lowest BCUT2D eigenvalue weighted by Crippen LogP contribution is -2.39. The van der Waals surface area contributed by atoms with E-state index in [4.69, 9.17) is 5.11 Å². The van der Waals surface area contributed by atoms with Gasteiger partial charge in [-0.05, 0) is 19.3 Å². The Bertz CT molecular complexity index is 421. The molecular formula is C12H20N2O2S. The Labute approximate surface area is 106 Å². The Morgan fingerprint density at radius 3 is 2.35 bits per heavy atom. The van der Waals surface area contributed by atoms with Gasteiger partial charge in [0.2, 0.25) is 0 Å². The van der Waals surface area contributed by atoms with E-state index in [1.54, 1.807) is 6.92 Å². The van der Waals surface area contributed by atoms with Crippen LogP contribution in [-0.2, 0) is 0 Å². The standard InChI is InChI=1S/C12H20N2O2S/c1-7-9(10(15)16)17-11(13-7)14(6)8(2)12(3,4)5/h8H,1-6H3,(H,15,16). The molecule has 0 fully saturated rings. The van der Waals surface area contributed by atoms with Crippen molar-refractivity contribution in [1.82, 2.24) is 4.98 Å². The molecule has 1 unspecified atom stereocenters. The predicted molar refractivity (Wildman–Crippen MR) is 71.1 cm³/mol. The van der Waals surface area contributed by atoms with Crippen LogP contribution in [0.3, 0.4) is 0 Å². The summed E-state index contributed by atoms with van der Waals surface area (Å²) in [7, 11) is 1.96. The summed E-state index contributed by atoms with van der Waals surface area (Å²) in [6.45, 7) is 10.3. The number of anilines is 1. The highest BCUT2D eigenvalue weighted by atomic mass is 32.1. The second kappa shape index (κ2) is 4.64. The van der Waals surface area contributed by atoms with Gasteiger partial charge in [-0.15, -0.1) is 0 Å². The van der Waals surface area contributed by atoms with E-state index in [0.717, 1.165) is 5.13 Å². The van der Waals surface area contributed by atoms with Crippen molar-refractivity contribution in [3.05, 3.63) is 10.6 Å². The molecule has 1 aromatic heterocycles. The Kier molecular flexibility index (Phi) is 3.81. The monoisotopic (exact) mass is 256 g/mol. The molecular weight excluding hydrogens is 236 g/mol. The summed E-state index contributed by atoms with van der Waals surface area (Å²) in [5.41, 5.74) is 0.711. The van der Waals surface area contributed by atoms with E-state index >= 15 is 0 Å². The number of aromatic nitrogens is 1. The summed E-state index contributed by atoms with van der Waals surface area (Å²) in [6, 6.07) is 0.287. The molecule has 1 rings (SSSR count). The minimum Gasteiger partial charge on any atom is -0.477 e. The fraction of sp³-hybridized carbons (Fsp3) is 0.667. The molecule has 5 heteroatoms. The molecule has 1 atom stereocenters. The van der Waals surface area contributed by atoms with Crippen LogP contribution >= 0.6 is 11.3 Å². The fourth-order valence-electron chi connectivity index (χ4n) is 1.48. The third kappa shape index (κ3) is 2.97. The van der Waals surface area contributed by atoms with Crippen molar-refractivity contribution in [2.75, 3.05) is 11.9 Å². The van der Waals surface area contributed by atoms with Gasteiger partial charge in [-0.3, -0.25) is 0 Å². The molecule has 0 saturated carbocycles. The van der Waals surface area contributed by atoms with E-state index in [-0.39, 0.29) is 11.5 Å². The molecule has 0 saturated heterocycles. The van der Waals surface area contributed by atoms with Crippen LogP contribution in [0.4, 0.5) is 5.13 Å². The number of carboxylic acid groups (broad SMARTS) is 1. The van der Waals surface area contributed by atoms with Gasteiger partial charge in [0.1, 0.15) is 4.88 Å². The average molecular weight is 256 g/mol. The van der Waals surface area contributed by atoms with Crippen LogP contribution in [0.1, 0.15) is 43.1 Å². The minimum atomic E-state index is -0.900. The molecule has 0 aliphatic rings. The van der Waals surface area contributed by atoms with E-state index in [2.05, 4.69) is 32.7 Å². The van der Waals surface area contributed by atoms with Gasteiger partial charge in [-0.2, -0.15) is 0 Å². The van der Waals surface area contributed by atoms with Gasteiger partial charge in [0.05, 0.1) is 5.69 Å². The van der Waals surface area contributed by atoms with Crippen molar-refractivity contribution < 1.29 is 9.90 Å².